The van der Waals surface area contributed by atoms with Crippen LogP contribution in [0.1, 0.15) is 56.4 Å². The molecule has 2 amide bonds. The van der Waals surface area contributed by atoms with E-state index >= 15 is 0 Å². The van der Waals surface area contributed by atoms with Crippen LogP contribution in [-0.4, -0.2) is 51.4 Å². The van der Waals surface area contributed by atoms with Crippen LogP contribution in [0.2, 0.25) is 0 Å². The number of furan rings is 1. The van der Waals surface area contributed by atoms with Gasteiger partial charge in [-0.2, -0.15) is 4.98 Å². The zero-order chi connectivity index (χ0) is 21.3. The second-order valence-electron chi connectivity index (χ2n) is 7.47. The lowest BCUT2D eigenvalue weighted by molar-refractivity contribution is 0.0642. The predicted molar refractivity (Wildman–Crippen MR) is 108 cm³/mol. The molecule has 30 heavy (non-hydrogen) atoms. The third kappa shape index (κ3) is 3.85. The maximum atomic E-state index is 13.3. The molecule has 8 nitrogen and oxygen atoms in total. The Balaban J connectivity index is 1.62. The van der Waals surface area contributed by atoms with E-state index in [4.69, 9.17) is 8.94 Å². The van der Waals surface area contributed by atoms with Crippen LogP contribution in [0.3, 0.4) is 0 Å². The Hall–Kier alpha value is -3.42. The highest BCUT2D eigenvalue weighted by Crippen LogP contribution is 2.28. The van der Waals surface area contributed by atoms with Gasteiger partial charge in [0.1, 0.15) is 17.6 Å². The topological polar surface area (TPSA) is 92.7 Å². The summed E-state index contributed by atoms with van der Waals surface area (Å²) >= 11 is 0. The summed E-state index contributed by atoms with van der Waals surface area (Å²) in [5, 5.41) is 3.89. The minimum atomic E-state index is -0.399. The van der Waals surface area contributed by atoms with E-state index < -0.39 is 6.04 Å². The van der Waals surface area contributed by atoms with E-state index in [0.29, 0.717) is 60.4 Å². The Labute approximate surface area is 174 Å². The monoisotopic (exact) mass is 408 g/mol. The van der Waals surface area contributed by atoms with Crippen molar-refractivity contribution >= 4 is 11.8 Å². The molecule has 1 saturated heterocycles. The van der Waals surface area contributed by atoms with Crippen molar-refractivity contribution in [2.24, 2.45) is 0 Å². The number of aryl methyl sites for hydroxylation is 3. The Kier molecular flexibility index (Phi) is 5.39. The van der Waals surface area contributed by atoms with Crippen molar-refractivity contribution in [1.29, 1.82) is 0 Å². The SMILES string of the molecule is Cc1noc(C2CCN(C(=O)c3cc(C)oc3C)CCN2C(=O)c2ccccc2)n1. The number of rotatable bonds is 3. The summed E-state index contributed by atoms with van der Waals surface area (Å²) < 4.78 is 10.9. The van der Waals surface area contributed by atoms with Gasteiger partial charge in [0.25, 0.3) is 11.8 Å². The van der Waals surface area contributed by atoms with Gasteiger partial charge in [-0.15, -0.1) is 0 Å². The van der Waals surface area contributed by atoms with Crippen molar-refractivity contribution in [1.82, 2.24) is 19.9 Å². The molecule has 0 bridgehead atoms. The standard InChI is InChI=1S/C22H24N4O4/c1-14-13-18(15(2)29-14)22(28)25-10-9-19(20-23-16(3)24-30-20)26(12-11-25)21(27)17-7-5-4-6-8-17/h4-8,13,19H,9-12H2,1-3H3. The van der Waals surface area contributed by atoms with Crippen LogP contribution in [0.15, 0.2) is 45.3 Å². The molecule has 0 N–H and O–H groups in total. The number of carbonyl (C=O) groups excluding carboxylic acids is 2. The smallest absolute Gasteiger partial charge is 0.257 e. The number of nitrogens with zero attached hydrogens (tertiary/aromatic N) is 4. The molecule has 3 heterocycles. The minimum absolute atomic E-state index is 0.0983. The van der Waals surface area contributed by atoms with Gasteiger partial charge in [0.15, 0.2) is 5.82 Å². The normalized spacial score (nSPS) is 17.1. The summed E-state index contributed by atoms with van der Waals surface area (Å²) in [6, 6.07) is 10.5. The second kappa shape index (κ2) is 8.14. The summed E-state index contributed by atoms with van der Waals surface area (Å²) in [5.41, 5.74) is 1.14. The molecular formula is C22H24N4O4. The molecule has 156 valence electrons. The van der Waals surface area contributed by atoms with Gasteiger partial charge >= 0.3 is 0 Å². The molecule has 1 aliphatic heterocycles. The quantitative estimate of drug-likeness (QED) is 0.660. The summed E-state index contributed by atoms with van der Waals surface area (Å²) in [5.74, 6) is 1.98. The number of aromatic nitrogens is 2. The lowest BCUT2D eigenvalue weighted by atomic mass is 10.1. The number of hydrogen-bond acceptors (Lipinski definition) is 6. The minimum Gasteiger partial charge on any atom is -0.466 e. The van der Waals surface area contributed by atoms with Crippen LogP contribution in [0.25, 0.3) is 0 Å². The fourth-order valence-electron chi connectivity index (χ4n) is 3.84. The summed E-state index contributed by atoms with van der Waals surface area (Å²) in [6.07, 6.45) is 0.502. The van der Waals surface area contributed by atoms with E-state index in [1.165, 1.54) is 0 Å². The van der Waals surface area contributed by atoms with Gasteiger partial charge < -0.3 is 18.7 Å². The van der Waals surface area contributed by atoms with Gasteiger partial charge in [0, 0.05) is 25.2 Å². The molecule has 2 aromatic heterocycles. The zero-order valence-electron chi connectivity index (χ0n) is 17.3. The highest BCUT2D eigenvalue weighted by Gasteiger charge is 2.35. The Morgan fingerprint density at radius 1 is 1.03 bits per heavy atom. The largest absolute Gasteiger partial charge is 0.466 e. The van der Waals surface area contributed by atoms with Gasteiger partial charge in [0.05, 0.1) is 5.56 Å². The maximum absolute atomic E-state index is 13.3. The van der Waals surface area contributed by atoms with E-state index in [-0.39, 0.29) is 11.8 Å². The molecule has 1 unspecified atom stereocenters. The first-order valence-electron chi connectivity index (χ1n) is 9.96. The van der Waals surface area contributed by atoms with Gasteiger partial charge in [-0.1, -0.05) is 23.4 Å². The third-order valence-corrected chi connectivity index (χ3v) is 5.33. The molecule has 0 aliphatic carbocycles. The fourth-order valence-corrected chi connectivity index (χ4v) is 3.84. The van der Waals surface area contributed by atoms with E-state index in [1.807, 2.05) is 25.1 Å². The van der Waals surface area contributed by atoms with Crippen LogP contribution >= 0.6 is 0 Å². The first kappa shape index (κ1) is 19.9. The van der Waals surface area contributed by atoms with Crippen molar-refractivity contribution < 1.29 is 18.5 Å². The summed E-state index contributed by atoms with van der Waals surface area (Å²) in [6.45, 7) is 6.58. The lowest BCUT2D eigenvalue weighted by Gasteiger charge is -2.27. The predicted octanol–water partition coefficient (Wildman–Crippen LogP) is 3.32. The average Bonchev–Trinajstić information content (AvgIpc) is 3.24. The third-order valence-electron chi connectivity index (χ3n) is 5.33. The van der Waals surface area contributed by atoms with Gasteiger partial charge in [0.2, 0.25) is 5.89 Å². The van der Waals surface area contributed by atoms with E-state index in [1.54, 1.807) is 41.8 Å². The van der Waals surface area contributed by atoms with Crippen LogP contribution in [0, 0.1) is 20.8 Å². The number of benzene rings is 1. The highest BCUT2D eigenvalue weighted by molar-refractivity contribution is 5.96. The molecule has 1 aliphatic rings. The zero-order valence-corrected chi connectivity index (χ0v) is 17.3. The molecule has 4 rings (SSSR count). The Morgan fingerprint density at radius 3 is 2.43 bits per heavy atom. The molecule has 8 heteroatoms. The number of hydrogen-bond donors (Lipinski definition) is 0. The summed E-state index contributed by atoms with van der Waals surface area (Å²) in [7, 11) is 0. The average molecular weight is 408 g/mol. The Bertz CT molecular complexity index is 1060. The van der Waals surface area contributed by atoms with Gasteiger partial charge in [-0.3, -0.25) is 9.59 Å². The molecule has 1 atom stereocenters. The van der Waals surface area contributed by atoms with Crippen LogP contribution in [-0.2, 0) is 0 Å². The molecule has 1 aromatic carbocycles. The van der Waals surface area contributed by atoms with Crippen molar-refractivity contribution in [2.75, 3.05) is 19.6 Å². The van der Waals surface area contributed by atoms with Gasteiger partial charge in [-0.25, -0.2) is 0 Å². The first-order chi connectivity index (χ1) is 14.4. The number of amides is 2. The second-order valence-corrected chi connectivity index (χ2v) is 7.47. The van der Waals surface area contributed by atoms with Crippen LogP contribution < -0.4 is 0 Å². The molecule has 0 saturated carbocycles. The highest BCUT2D eigenvalue weighted by atomic mass is 16.5. The maximum Gasteiger partial charge on any atom is 0.257 e. The van der Waals surface area contributed by atoms with Crippen LogP contribution in [0.4, 0.5) is 0 Å². The van der Waals surface area contributed by atoms with Crippen LogP contribution in [0.5, 0.6) is 0 Å². The lowest BCUT2D eigenvalue weighted by Crippen LogP contribution is -2.38. The van der Waals surface area contributed by atoms with E-state index in [0.717, 1.165) is 0 Å². The van der Waals surface area contributed by atoms with Gasteiger partial charge in [-0.05, 0) is 45.4 Å². The fraction of sp³-hybridized carbons (Fsp3) is 0.364. The Morgan fingerprint density at radius 2 is 1.80 bits per heavy atom. The molecule has 3 aromatic rings. The molecule has 0 spiro atoms. The van der Waals surface area contributed by atoms with Crippen molar-refractivity contribution in [2.45, 2.75) is 33.2 Å². The molecular weight excluding hydrogens is 384 g/mol. The van der Waals surface area contributed by atoms with E-state index in [9.17, 15) is 9.59 Å². The van der Waals surface area contributed by atoms with E-state index in [2.05, 4.69) is 10.1 Å². The first-order valence-corrected chi connectivity index (χ1v) is 9.96. The summed E-state index contributed by atoms with van der Waals surface area (Å²) in [4.78, 5) is 34.2. The number of carbonyl (C=O) groups is 2. The van der Waals surface area contributed by atoms with Crippen molar-refractivity contribution in [3.05, 3.63) is 70.8 Å². The van der Waals surface area contributed by atoms with Crippen molar-refractivity contribution in [3.8, 4) is 0 Å². The van der Waals surface area contributed by atoms with Crippen molar-refractivity contribution in [3.63, 3.8) is 0 Å². The molecule has 1 fully saturated rings. The molecule has 0 radical (unpaired) electrons.